The number of fused-ring (bicyclic) bond motifs is 1. The van der Waals surface area contributed by atoms with Crippen LogP contribution < -0.4 is 10.6 Å². The van der Waals surface area contributed by atoms with Crippen LogP contribution in [0.25, 0.3) is 22.6 Å². The van der Waals surface area contributed by atoms with E-state index in [2.05, 4.69) is 41.6 Å². The number of thiocarbonyl (C=S) groups is 1. The smallest absolute Gasteiger partial charge is 0.258 e. The molecular weight excluding hydrogens is 430 g/mol. The second kappa shape index (κ2) is 8.88. The number of anilines is 1. The lowest BCUT2D eigenvalue weighted by Crippen LogP contribution is -2.34. The standard InChI is InChI=1S/C24H20ClN3O2S/c1-14(2)15-7-9-16(10-8-15)23-27-20-13-17(11-12-21(20)30-23)26-24(31)28-22(29)18-5-3-4-6-19(18)25/h3-14H,1-2H3,(H2,26,28,29,31). The van der Waals surface area contributed by atoms with E-state index >= 15 is 0 Å². The van der Waals surface area contributed by atoms with Crippen molar-refractivity contribution in [3.63, 3.8) is 0 Å². The van der Waals surface area contributed by atoms with Crippen molar-refractivity contribution in [2.24, 2.45) is 0 Å². The first-order chi connectivity index (χ1) is 14.9. The van der Waals surface area contributed by atoms with Gasteiger partial charge in [0.25, 0.3) is 5.91 Å². The molecule has 5 nitrogen and oxygen atoms in total. The Bertz CT molecular complexity index is 1270. The number of carbonyl (C=O) groups is 1. The molecule has 0 radical (unpaired) electrons. The second-order valence-electron chi connectivity index (χ2n) is 7.37. The zero-order valence-electron chi connectivity index (χ0n) is 17.0. The van der Waals surface area contributed by atoms with E-state index in [1.807, 2.05) is 30.3 Å². The van der Waals surface area contributed by atoms with Gasteiger partial charge in [-0.2, -0.15) is 0 Å². The second-order valence-corrected chi connectivity index (χ2v) is 8.18. The highest BCUT2D eigenvalue weighted by Gasteiger charge is 2.13. The van der Waals surface area contributed by atoms with Crippen molar-refractivity contribution in [1.82, 2.24) is 10.3 Å². The molecule has 0 unspecified atom stereocenters. The fraction of sp³-hybridized carbons (Fsp3) is 0.125. The average Bonchev–Trinajstić information content (AvgIpc) is 3.17. The molecule has 0 saturated heterocycles. The van der Waals surface area contributed by atoms with Crippen molar-refractivity contribution < 1.29 is 9.21 Å². The minimum atomic E-state index is -0.377. The third-order valence-electron chi connectivity index (χ3n) is 4.82. The minimum absolute atomic E-state index is 0.164. The zero-order valence-corrected chi connectivity index (χ0v) is 18.6. The molecule has 1 amide bonds. The van der Waals surface area contributed by atoms with Gasteiger partial charge in [0.1, 0.15) is 5.52 Å². The number of hydrogen-bond acceptors (Lipinski definition) is 4. The van der Waals surface area contributed by atoms with E-state index < -0.39 is 0 Å². The van der Waals surface area contributed by atoms with Crippen molar-refractivity contribution >= 4 is 51.6 Å². The Kier molecular flexibility index (Phi) is 6.02. The number of nitrogens with zero attached hydrogens (tertiary/aromatic N) is 1. The fourth-order valence-electron chi connectivity index (χ4n) is 3.12. The highest BCUT2D eigenvalue weighted by molar-refractivity contribution is 7.80. The number of aromatic nitrogens is 1. The zero-order chi connectivity index (χ0) is 22.0. The summed E-state index contributed by atoms with van der Waals surface area (Å²) in [5.74, 6) is 0.642. The van der Waals surface area contributed by atoms with Gasteiger partial charge in [-0.05, 0) is 66.2 Å². The summed E-state index contributed by atoms with van der Waals surface area (Å²) in [6, 6.07) is 20.4. The third kappa shape index (κ3) is 4.76. The lowest BCUT2D eigenvalue weighted by Gasteiger charge is -2.10. The predicted molar refractivity (Wildman–Crippen MR) is 129 cm³/mol. The van der Waals surface area contributed by atoms with E-state index in [0.717, 1.165) is 5.56 Å². The summed E-state index contributed by atoms with van der Waals surface area (Å²) in [5.41, 5.74) is 4.57. The van der Waals surface area contributed by atoms with E-state index in [4.69, 9.17) is 28.2 Å². The number of benzene rings is 3. The van der Waals surface area contributed by atoms with Gasteiger partial charge in [0.2, 0.25) is 5.89 Å². The molecule has 156 valence electrons. The maximum absolute atomic E-state index is 12.4. The Morgan fingerprint density at radius 2 is 1.81 bits per heavy atom. The summed E-state index contributed by atoms with van der Waals surface area (Å²) in [7, 11) is 0. The van der Waals surface area contributed by atoms with Crippen molar-refractivity contribution in [2.75, 3.05) is 5.32 Å². The summed E-state index contributed by atoms with van der Waals surface area (Å²) >= 11 is 11.3. The first kappa shape index (κ1) is 21.0. The van der Waals surface area contributed by atoms with Crippen LogP contribution in [-0.2, 0) is 0 Å². The Morgan fingerprint density at radius 1 is 1.06 bits per heavy atom. The molecule has 0 spiro atoms. The Labute approximate surface area is 190 Å². The summed E-state index contributed by atoms with van der Waals surface area (Å²) in [6.07, 6.45) is 0. The van der Waals surface area contributed by atoms with Crippen molar-refractivity contribution in [2.45, 2.75) is 19.8 Å². The Balaban J connectivity index is 1.48. The predicted octanol–water partition coefficient (Wildman–Crippen LogP) is 6.40. The summed E-state index contributed by atoms with van der Waals surface area (Å²) in [6.45, 7) is 4.31. The van der Waals surface area contributed by atoms with Crippen LogP contribution in [0.1, 0.15) is 35.7 Å². The van der Waals surface area contributed by atoms with Gasteiger partial charge < -0.3 is 9.73 Å². The topological polar surface area (TPSA) is 67.2 Å². The van der Waals surface area contributed by atoms with Gasteiger partial charge in [0.15, 0.2) is 10.7 Å². The Morgan fingerprint density at radius 3 is 2.52 bits per heavy atom. The quantitative estimate of drug-likeness (QED) is 0.353. The largest absolute Gasteiger partial charge is 0.436 e. The number of oxazole rings is 1. The molecule has 2 N–H and O–H groups in total. The van der Waals surface area contributed by atoms with Gasteiger partial charge >= 0.3 is 0 Å². The van der Waals surface area contributed by atoms with Crippen LogP contribution in [0.5, 0.6) is 0 Å². The van der Waals surface area contributed by atoms with Crippen LogP contribution >= 0.6 is 23.8 Å². The van der Waals surface area contributed by atoms with Crippen molar-refractivity contribution in [3.05, 3.63) is 82.9 Å². The van der Waals surface area contributed by atoms with Gasteiger partial charge in [0, 0.05) is 11.3 Å². The van der Waals surface area contributed by atoms with Crippen LogP contribution in [0.2, 0.25) is 5.02 Å². The van der Waals surface area contributed by atoms with E-state index in [1.54, 1.807) is 24.3 Å². The maximum atomic E-state index is 12.4. The molecule has 0 aliphatic rings. The highest BCUT2D eigenvalue weighted by Crippen LogP contribution is 2.27. The molecule has 0 fully saturated rings. The molecule has 3 aromatic carbocycles. The molecule has 0 bridgehead atoms. The number of amides is 1. The SMILES string of the molecule is CC(C)c1ccc(-c2nc3cc(NC(=S)NC(=O)c4ccccc4Cl)ccc3o2)cc1. The number of hydrogen-bond donors (Lipinski definition) is 2. The average molecular weight is 450 g/mol. The van der Waals surface area contributed by atoms with Gasteiger partial charge in [-0.3, -0.25) is 10.1 Å². The van der Waals surface area contributed by atoms with Crippen LogP contribution in [0.15, 0.2) is 71.1 Å². The van der Waals surface area contributed by atoms with Gasteiger partial charge in [-0.15, -0.1) is 0 Å². The fourth-order valence-corrected chi connectivity index (χ4v) is 3.55. The molecule has 7 heteroatoms. The number of nitrogens with one attached hydrogen (secondary N) is 2. The normalized spacial score (nSPS) is 11.0. The number of rotatable bonds is 4. The van der Waals surface area contributed by atoms with E-state index in [-0.39, 0.29) is 11.0 Å². The third-order valence-corrected chi connectivity index (χ3v) is 5.35. The molecule has 0 aliphatic heterocycles. The number of halogens is 1. The van der Waals surface area contributed by atoms with Gasteiger partial charge in [0.05, 0.1) is 10.6 Å². The molecular formula is C24H20ClN3O2S. The minimum Gasteiger partial charge on any atom is -0.436 e. The van der Waals surface area contributed by atoms with Crippen LogP contribution in [0.3, 0.4) is 0 Å². The molecule has 0 saturated carbocycles. The summed E-state index contributed by atoms with van der Waals surface area (Å²) in [5, 5.41) is 6.16. The molecule has 1 heterocycles. The Hall–Kier alpha value is -3.22. The van der Waals surface area contributed by atoms with E-state index in [1.165, 1.54) is 5.56 Å². The first-order valence-corrected chi connectivity index (χ1v) is 10.6. The van der Waals surface area contributed by atoms with Gasteiger partial charge in [-0.25, -0.2) is 4.98 Å². The molecule has 31 heavy (non-hydrogen) atoms. The summed E-state index contributed by atoms with van der Waals surface area (Å²) < 4.78 is 5.89. The number of carbonyl (C=O) groups excluding carboxylic acids is 1. The van der Waals surface area contributed by atoms with Crippen molar-refractivity contribution in [1.29, 1.82) is 0 Å². The molecule has 0 atom stereocenters. The van der Waals surface area contributed by atoms with Gasteiger partial charge in [-0.1, -0.05) is 49.7 Å². The van der Waals surface area contributed by atoms with Crippen molar-refractivity contribution in [3.8, 4) is 11.5 Å². The molecule has 0 aliphatic carbocycles. The highest BCUT2D eigenvalue weighted by atomic mass is 35.5. The van der Waals surface area contributed by atoms with Crippen LogP contribution in [0.4, 0.5) is 5.69 Å². The molecule has 1 aromatic heterocycles. The monoisotopic (exact) mass is 449 g/mol. The lowest BCUT2D eigenvalue weighted by molar-refractivity contribution is 0.0978. The van der Waals surface area contributed by atoms with E-state index in [0.29, 0.717) is 39.2 Å². The first-order valence-electron chi connectivity index (χ1n) is 9.78. The molecule has 4 aromatic rings. The summed E-state index contributed by atoms with van der Waals surface area (Å²) in [4.78, 5) is 16.9. The van der Waals surface area contributed by atoms with E-state index in [9.17, 15) is 4.79 Å². The lowest BCUT2D eigenvalue weighted by atomic mass is 10.0. The maximum Gasteiger partial charge on any atom is 0.258 e. The molecule has 4 rings (SSSR count). The van der Waals surface area contributed by atoms with Crippen LogP contribution in [-0.4, -0.2) is 16.0 Å². The van der Waals surface area contributed by atoms with Crippen LogP contribution in [0, 0.1) is 0 Å².